The molecule has 1 heterocycles. The zero-order valence-corrected chi connectivity index (χ0v) is 9.65. The molecule has 0 fully saturated rings. The lowest BCUT2D eigenvalue weighted by atomic mass is 10.2. The Hall–Kier alpha value is -2.56. The fourth-order valence-electron chi connectivity index (χ4n) is 1.88. The number of imidazole rings is 1. The minimum absolute atomic E-state index is 0.428. The highest BCUT2D eigenvalue weighted by Crippen LogP contribution is 2.22. The summed E-state index contributed by atoms with van der Waals surface area (Å²) in [5, 5.41) is 0. The van der Waals surface area contributed by atoms with Gasteiger partial charge < -0.3 is 4.98 Å². The molecule has 3 rings (SSSR count). The molecule has 0 aliphatic heterocycles. The van der Waals surface area contributed by atoms with Crippen LogP contribution in [-0.4, -0.2) is 16.3 Å². The maximum absolute atomic E-state index is 13.2. The second kappa shape index (κ2) is 4.28. The third-order valence-corrected chi connectivity index (χ3v) is 2.84. The summed E-state index contributed by atoms with van der Waals surface area (Å²) in [6, 6.07) is 8.56. The Bertz CT molecular complexity index is 780. The van der Waals surface area contributed by atoms with Crippen molar-refractivity contribution in [2.75, 3.05) is 0 Å². The highest BCUT2D eigenvalue weighted by molar-refractivity contribution is 5.86. The quantitative estimate of drug-likeness (QED) is 0.717. The largest absolute Gasteiger partial charge is 0.338 e. The van der Waals surface area contributed by atoms with Crippen molar-refractivity contribution in [1.82, 2.24) is 9.97 Å². The van der Waals surface area contributed by atoms with E-state index in [1.165, 1.54) is 6.07 Å². The van der Waals surface area contributed by atoms with Crippen LogP contribution in [0.5, 0.6) is 0 Å². The number of carbonyl (C=O) groups excluding carboxylic acids is 1. The average Bonchev–Trinajstić information content (AvgIpc) is 2.84. The summed E-state index contributed by atoms with van der Waals surface area (Å²) in [4.78, 5) is 17.9. The topological polar surface area (TPSA) is 45.8 Å². The number of aldehydes is 1. The van der Waals surface area contributed by atoms with E-state index in [9.17, 15) is 13.6 Å². The van der Waals surface area contributed by atoms with Crippen LogP contribution in [0, 0.1) is 11.6 Å². The second-order valence-electron chi connectivity index (χ2n) is 4.11. The maximum atomic E-state index is 13.2. The number of H-pyrrole nitrogens is 1. The Morgan fingerprint density at radius 3 is 2.63 bits per heavy atom. The van der Waals surface area contributed by atoms with Gasteiger partial charge in [0.2, 0.25) is 0 Å². The first-order chi connectivity index (χ1) is 9.17. The predicted octanol–water partition coefficient (Wildman–Crippen LogP) is 3.32. The lowest BCUT2D eigenvalue weighted by Crippen LogP contribution is -1.86. The summed E-state index contributed by atoms with van der Waals surface area (Å²) in [7, 11) is 0. The number of aromatic amines is 1. The van der Waals surface area contributed by atoms with Gasteiger partial charge in [-0.1, -0.05) is 0 Å². The molecule has 0 unspecified atom stereocenters. The van der Waals surface area contributed by atoms with Crippen molar-refractivity contribution in [2.45, 2.75) is 0 Å². The monoisotopic (exact) mass is 258 g/mol. The molecule has 0 saturated carbocycles. The van der Waals surface area contributed by atoms with Gasteiger partial charge in [0.1, 0.15) is 12.1 Å². The van der Waals surface area contributed by atoms with E-state index in [0.29, 0.717) is 28.0 Å². The van der Waals surface area contributed by atoms with Crippen LogP contribution in [0.25, 0.3) is 22.4 Å². The van der Waals surface area contributed by atoms with Gasteiger partial charge in [-0.3, -0.25) is 4.79 Å². The van der Waals surface area contributed by atoms with Crippen molar-refractivity contribution < 1.29 is 13.6 Å². The van der Waals surface area contributed by atoms with Crippen LogP contribution in [0.1, 0.15) is 10.4 Å². The fourth-order valence-corrected chi connectivity index (χ4v) is 1.88. The van der Waals surface area contributed by atoms with E-state index in [0.717, 1.165) is 18.4 Å². The molecule has 5 heteroatoms. The number of halogens is 2. The minimum atomic E-state index is -0.925. The van der Waals surface area contributed by atoms with E-state index in [1.807, 2.05) is 0 Å². The number of fused-ring (bicyclic) bond motifs is 1. The number of hydrogen-bond acceptors (Lipinski definition) is 2. The van der Waals surface area contributed by atoms with Crippen molar-refractivity contribution in [3.05, 3.63) is 53.6 Å². The molecular formula is C14H8F2N2O. The number of nitrogens with one attached hydrogen (secondary N) is 1. The van der Waals surface area contributed by atoms with Gasteiger partial charge in [0.05, 0.1) is 11.0 Å². The van der Waals surface area contributed by atoms with Gasteiger partial charge in [0.25, 0.3) is 0 Å². The minimum Gasteiger partial charge on any atom is -0.338 e. The van der Waals surface area contributed by atoms with Crippen LogP contribution in [-0.2, 0) is 0 Å². The molecule has 3 aromatic rings. The van der Waals surface area contributed by atoms with Gasteiger partial charge >= 0.3 is 0 Å². The number of hydrogen-bond donors (Lipinski definition) is 1. The van der Waals surface area contributed by atoms with Crippen molar-refractivity contribution >= 4 is 17.3 Å². The number of aromatic nitrogens is 2. The van der Waals surface area contributed by atoms with Crippen LogP contribution in [0.4, 0.5) is 8.78 Å². The van der Waals surface area contributed by atoms with Crippen LogP contribution in [0.2, 0.25) is 0 Å². The Morgan fingerprint density at radius 2 is 1.89 bits per heavy atom. The van der Waals surface area contributed by atoms with Gasteiger partial charge in [0, 0.05) is 11.1 Å². The first-order valence-corrected chi connectivity index (χ1v) is 5.58. The van der Waals surface area contributed by atoms with Gasteiger partial charge in [0.15, 0.2) is 11.6 Å². The van der Waals surface area contributed by atoms with E-state index in [1.54, 1.807) is 18.2 Å². The van der Waals surface area contributed by atoms with Crippen molar-refractivity contribution in [2.24, 2.45) is 0 Å². The number of benzene rings is 2. The summed E-state index contributed by atoms with van der Waals surface area (Å²) in [6.07, 6.45) is 0.734. The summed E-state index contributed by atoms with van der Waals surface area (Å²) < 4.78 is 26.0. The molecule has 94 valence electrons. The smallest absolute Gasteiger partial charge is 0.159 e. The van der Waals surface area contributed by atoms with Crippen LogP contribution in [0.15, 0.2) is 36.4 Å². The summed E-state index contributed by atoms with van der Waals surface area (Å²) in [5.74, 6) is -1.40. The van der Waals surface area contributed by atoms with E-state index in [-0.39, 0.29) is 0 Å². The molecule has 0 spiro atoms. The van der Waals surface area contributed by atoms with Gasteiger partial charge in [-0.05, 0) is 36.4 Å². The normalized spacial score (nSPS) is 10.8. The number of rotatable bonds is 2. The van der Waals surface area contributed by atoms with E-state index >= 15 is 0 Å². The fraction of sp³-hybridized carbons (Fsp3) is 0. The van der Waals surface area contributed by atoms with E-state index < -0.39 is 11.6 Å². The molecule has 0 aliphatic carbocycles. The average molecular weight is 258 g/mol. The highest BCUT2D eigenvalue weighted by atomic mass is 19.2. The van der Waals surface area contributed by atoms with Crippen LogP contribution >= 0.6 is 0 Å². The molecule has 0 amide bonds. The van der Waals surface area contributed by atoms with Gasteiger partial charge in [-0.25, -0.2) is 13.8 Å². The molecule has 0 bridgehead atoms. The molecular weight excluding hydrogens is 250 g/mol. The Balaban J connectivity index is 2.14. The van der Waals surface area contributed by atoms with Crippen molar-refractivity contribution in [3.63, 3.8) is 0 Å². The molecule has 0 saturated heterocycles. The van der Waals surface area contributed by atoms with Gasteiger partial charge in [-0.2, -0.15) is 0 Å². The third kappa shape index (κ3) is 1.99. The van der Waals surface area contributed by atoms with E-state index in [2.05, 4.69) is 9.97 Å². The Kier molecular flexibility index (Phi) is 2.59. The zero-order valence-electron chi connectivity index (χ0n) is 9.65. The first-order valence-electron chi connectivity index (χ1n) is 5.58. The Morgan fingerprint density at radius 1 is 1.05 bits per heavy atom. The van der Waals surface area contributed by atoms with E-state index in [4.69, 9.17) is 0 Å². The molecule has 0 radical (unpaired) electrons. The lowest BCUT2D eigenvalue weighted by molar-refractivity contribution is 0.112. The summed E-state index contributed by atoms with van der Waals surface area (Å²) in [6.45, 7) is 0. The molecule has 0 atom stereocenters. The van der Waals surface area contributed by atoms with Gasteiger partial charge in [-0.15, -0.1) is 0 Å². The maximum Gasteiger partial charge on any atom is 0.159 e. The molecule has 1 N–H and O–H groups in total. The second-order valence-corrected chi connectivity index (χ2v) is 4.11. The van der Waals surface area contributed by atoms with Crippen LogP contribution < -0.4 is 0 Å². The molecule has 2 aromatic carbocycles. The predicted molar refractivity (Wildman–Crippen MR) is 66.8 cm³/mol. The first kappa shape index (κ1) is 11.5. The third-order valence-electron chi connectivity index (χ3n) is 2.84. The standard InChI is InChI=1S/C14H8F2N2O/c15-10-3-2-9(6-11(10)16)14-17-12-4-1-8(7-19)5-13(12)18-14/h1-7H,(H,17,18). The molecule has 19 heavy (non-hydrogen) atoms. The van der Waals surface area contributed by atoms with Crippen LogP contribution in [0.3, 0.4) is 0 Å². The number of nitrogens with zero attached hydrogens (tertiary/aromatic N) is 1. The summed E-state index contributed by atoms with van der Waals surface area (Å²) in [5.41, 5.74) is 2.30. The highest BCUT2D eigenvalue weighted by Gasteiger charge is 2.09. The van der Waals surface area contributed by atoms with Crippen molar-refractivity contribution in [3.8, 4) is 11.4 Å². The molecule has 1 aromatic heterocycles. The number of carbonyl (C=O) groups is 1. The molecule has 0 aliphatic rings. The SMILES string of the molecule is O=Cc1ccc2nc(-c3ccc(F)c(F)c3)[nH]c2c1. The Labute approximate surface area is 106 Å². The van der Waals surface area contributed by atoms with Crippen molar-refractivity contribution in [1.29, 1.82) is 0 Å². The lowest BCUT2D eigenvalue weighted by Gasteiger charge is -1.97. The molecule has 3 nitrogen and oxygen atoms in total. The summed E-state index contributed by atoms with van der Waals surface area (Å²) >= 11 is 0. The zero-order chi connectivity index (χ0) is 13.4.